The van der Waals surface area contributed by atoms with Gasteiger partial charge in [-0.25, -0.2) is 0 Å². The molecule has 0 spiro atoms. The summed E-state index contributed by atoms with van der Waals surface area (Å²) in [4.78, 5) is 31.0. The van der Waals surface area contributed by atoms with Crippen LogP contribution in [0, 0.1) is 12.8 Å². The summed E-state index contributed by atoms with van der Waals surface area (Å²) in [6, 6.07) is 3.71. The van der Waals surface area contributed by atoms with Crippen molar-refractivity contribution in [3.05, 3.63) is 29.6 Å². The lowest BCUT2D eigenvalue weighted by Crippen LogP contribution is -2.43. The standard InChI is InChI=1S/C17H22N2O2/c1-12-11-13(8-9-18-12)17(21)19-10-4-6-15(19)14-5-2-3-7-16(14)20/h8-9,11,14-15H,2-7,10H2,1H3. The highest BCUT2D eigenvalue weighted by atomic mass is 16.2. The van der Waals surface area contributed by atoms with Crippen LogP contribution < -0.4 is 0 Å². The summed E-state index contributed by atoms with van der Waals surface area (Å²) in [6.45, 7) is 2.66. The number of amides is 1. The van der Waals surface area contributed by atoms with E-state index in [0.29, 0.717) is 17.8 Å². The third-order valence-corrected chi connectivity index (χ3v) is 4.77. The van der Waals surface area contributed by atoms with Crippen molar-refractivity contribution in [3.8, 4) is 0 Å². The van der Waals surface area contributed by atoms with Crippen LogP contribution in [-0.2, 0) is 4.79 Å². The minimum atomic E-state index is 0.0568. The fourth-order valence-corrected chi connectivity index (χ4v) is 3.72. The molecule has 0 N–H and O–H groups in total. The summed E-state index contributed by atoms with van der Waals surface area (Å²) in [6.07, 6.45) is 7.42. The molecule has 112 valence electrons. The quantitative estimate of drug-likeness (QED) is 0.840. The van der Waals surface area contributed by atoms with E-state index >= 15 is 0 Å². The van der Waals surface area contributed by atoms with Crippen LogP contribution in [0.4, 0.5) is 0 Å². The Labute approximate surface area is 125 Å². The van der Waals surface area contributed by atoms with Crippen molar-refractivity contribution in [3.63, 3.8) is 0 Å². The highest BCUT2D eigenvalue weighted by Crippen LogP contribution is 2.33. The number of rotatable bonds is 2. The van der Waals surface area contributed by atoms with Gasteiger partial charge in [-0.3, -0.25) is 14.6 Å². The van der Waals surface area contributed by atoms with E-state index in [2.05, 4.69) is 4.98 Å². The number of carbonyl (C=O) groups excluding carboxylic acids is 2. The molecule has 21 heavy (non-hydrogen) atoms. The average molecular weight is 286 g/mol. The predicted octanol–water partition coefficient (Wildman–Crippen LogP) is 2.75. The zero-order valence-corrected chi connectivity index (χ0v) is 12.5. The number of nitrogens with zero attached hydrogens (tertiary/aromatic N) is 2. The Morgan fingerprint density at radius 2 is 2.14 bits per heavy atom. The maximum Gasteiger partial charge on any atom is 0.254 e. The van der Waals surface area contributed by atoms with Crippen LogP contribution in [0.1, 0.15) is 54.6 Å². The van der Waals surface area contributed by atoms with Crippen LogP contribution >= 0.6 is 0 Å². The van der Waals surface area contributed by atoms with E-state index in [1.807, 2.05) is 17.9 Å². The second-order valence-corrected chi connectivity index (χ2v) is 6.21. The van der Waals surface area contributed by atoms with Gasteiger partial charge in [-0.15, -0.1) is 0 Å². The number of likely N-dealkylation sites (tertiary alicyclic amines) is 1. The molecule has 2 unspecified atom stereocenters. The number of aromatic nitrogens is 1. The number of ketones is 1. The van der Waals surface area contributed by atoms with Crippen molar-refractivity contribution in [1.82, 2.24) is 9.88 Å². The van der Waals surface area contributed by atoms with Crippen LogP contribution in [0.15, 0.2) is 18.3 Å². The van der Waals surface area contributed by atoms with Gasteiger partial charge in [0.15, 0.2) is 0 Å². The Morgan fingerprint density at radius 3 is 2.90 bits per heavy atom. The molecule has 1 aromatic heterocycles. The first-order chi connectivity index (χ1) is 10.2. The second-order valence-electron chi connectivity index (χ2n) is 6.21. The molecule has 1 aromatic rings. The molecule has 2 fully saturated rings. The molecular weight excluding hydrogens is 264 g/mol. The SMILES string of the molecule is Cc1cc(C(=O)N2CCCC2C2CCCCC2=O)ccn1. The van der Waals surface area contributed by atoms with E-state index < -0.39 is 0 Å². The van der Waals surface area contributed by atoms with Gasteiger partial charge in [-0.05, 0) is 44.7 Å². The summed E-state index contributed by atoms with van der Waals surface area (Å²) in [5.74, 6) is 0.478. The molecular formula is C17H22N2O2. The van der Waals surface area contributed by atoms with Crippen molar-refractivity contribution >= 4 is 11.7 Å². The van der Waals surface area contributed by atoms with Crippen LogP contribution in [0.25, 0.3) is 0 Å². The van der Waals surface area contributed by atoms with Gasteiger partial charge in [0.2, 0.25) is 0 Å². The number of Topliss-reactive ketones (excluding diaryl/α,β-unsaturated/α-hetero) is 1. The maximum absolute atomic E-state index is 12.7. The zero-order chi connectivity index (χ0) is 14.8. The average Bonchev–Trinajstić information content (AvgIpc) is 2.96. The first-order valence-corrected chi connectivity index (χ1v) is 7.93. The number of aryl methyl sites for hydroxylation is 1. The molecule has 1 saturated heterocycles. The van der Waals surface area contributed by atoms with Gasteiger partial charge in [0.05, 0.1) is 0 Å². The van der Waals surface area contributed by atoms with Gasteiger partial charge >= 0.3 is 0 Å². The molecule has 1 saturated carbocycles. The van der Waals surface area contributed by atoms with Gasteiger partial charge < -0.3 is 4.90 Å². The summed E-state index contributed by atoms with van der Waals surface area (Å²) < 4.78 is 0. The molecule has 0 aromatic carbocycles. The molecule has 3 rings (SSSR count). The summed E-state index contributed by atoms with van der Waals surface area (Å²) >= 11 is 0. The molecule has 4 nitrogen and oxygen atoms in total. The van der Waals surface area contributed by atoms with Crippen molar-refractivity contribution in [2.75, 3.05) is 6.54 Å². The van der Waals surface area contributed by atoms with E-state index in [0.717, 1.165) is 44.3 Å². The highest BCUT2D eigenvalue weighted by molar-refractivity contribution is 5.95. The molecule has 1 aliphatic heterocycles. The normalized spacial score (nSPS) is 26.1. The van der Waals surface area contributed by atoms with Gasteiger partial charge in [0, 0.05) is 42.4 Å². The third kappa shape index (κ3) is 2.85. The lowest BCUT2D eigenvalue weighted by Gasteiger charge is -2.33. The molecule has 2 atom stereocenters. The zero-order valence-electron chi connectivity index (χ0n) is 12.5. The predicted molar refractivity (Wildman–Crippen MR) is 80.0 cm³/mol. The summed E-state index contributed by atoms with van der Waals surface area (Å²) in [7, 11) is 0. The molecule has 0 bridgehead atoms. The molecule has 2 aliphatic rings. The Bertz CT molecular complexity index is 555. The van der Waals surface area contributed by atoms with E-state index in [4.69, 9.17) is 0 Å². The first kappa shape index (κ1) is 14.2. The minimum absolute atomic E-state index is 0.0568. The number of hydrogen-bond acceptors (Lipinski definition) is 3. The van der Waals surface area contributed by atoms with Crippen molar-refractivity contribution in [2.24, 2.45) is 5.92 Å². The second kappa shape index (κ2) is 5.96. The fraction of sp³-hybridized carbons (Fsp3) is 0.588. The van der Waals surface area contributed by atoms with Crippen LogP contribution in [0.5, 0.6) is 0 Å². The lowest BCUT2D eigenvalue weighted by atomic mass is 9.81. The topological polar surface area (TPSA) is 50.3 Å². The van der Waals surface area contributed by atoms with Crippen LogP contribution in [-0.4, -0.2) is 34.2 Å². The molecule has 1 aliphatic carbocycles. The van der Waals surface area contributed by atoms with E-state index in [9.17, 15) is 9.59 Å². The van der Waals surface area contributed by atoms with E-state index in [-0.39, 0.29) is 17.9 Å². The Hall–Kier alpha value is -1.71. The van der Waals surface area contributed by atoms with Crippen molar-refractivity contribution in [1.29, 1.82) is 0 Å². The summed E-state index contributed by atoms with van der Waals surface area (Å²) in [5, 5.41) is 0. The van der Waals surface area contributed by atoms with Crippen LogP contribution in [0.3, 0.4) is 0 Å². The molecule has 4 heteroatoms. The van der Waals surface area contributed by atoms with Gasteiger partial charge in [-0.1, -0.05) is 6.42 Å². The van der Waals surface area contributed by atoms with Crippen molar-refractivity contribution < 1.29 is 9.59 Å². The number of carbonyl (C=O) groups is 2. The monoisotopic (exact) mass is 286 g/mol. The lowest BCUT2D eigenvalue weighted by molar-refractivity contribution is -0.126. The minimum Gasteiger partial charge on any atom is -0.335 e. The first-order valence-electron chi connectivity index (χ1n) is 7.93. The van der Waals surface area contributed by atoms with E-state index in [1.165, 1.54) is 0 Å². The fourth-order valence-electron chi connectivity index (χ4n) is 3.72. The smallest absolute Gasteiger partial charge is 0.254 e. The van der Waals surface area contributed by atoms with Crippen LogP contribution in [0.2, 0.25) is 0 Å². The Kier molecular flexibility index (Phi) is 4.04. The molecule has 0 radical (unpaired) electrons. The largest absolute Gasteiger partial charge is 0.335 e. The van der Waals surface area contributed by atoms with Gasteiger partial charge in [0.1, 0.15) is 5.78 Å². The Morgan fingerprint density at radius 1 is 1.29 bits per heavy atom. The Balaban J connectivity index is 1.80. The maximum atomic E-state index is 12.7. The number of pyridine rings is 1. The molecule has 2 heterocycles. The van der Waals surface area contributed by atoms with Gasteiger partial charge in [0.25, 0.3) is 5.91 Å². The third-order valence-electron chi connectivity index (χ3n) is 4.77. The number of hydrogen-bond donors (Lipinski definition) is 0. The summed E-state index contributed by atoms with van der Waals surface area (Å²) in [5.41, 5.74) is 1.54. The highest BCUT2D eigenvalue weighted by Gasteiger charge is 2.39. The van der Waals surface area contributed by atoms with Crippen molar-refractivity contribution in [2.45, 2.75) is 51.5 Å². The van der Waals surface area contributed by atoms with E-state index in [1.54, 1.807) is 12.3 Å². The molecule has 1 amide bonds. The van der Waals surface area contributed by atoms with Gasteiger partial charge in [-0.2, -0.15) is 0 Å².